The molecular weight excluding hydrogens is 360 g/mol. The Bertz CT molecular complexity index is 614. The van der Waals surface area contributed by atoms with Crippen LogP contribution in [0.1, 0.15) is 42.8 Å². The van der Waals surface area contributed by atoms with Gasteiger partial charge in [0.25, 0.3) is 5.91 Å². The van der Waals surface area contributed by atoms with Crippen molar-refractivity contribution in [1.29, 1.82) is 0 Å². The minimum absolute atomic E-state index is 0.00125. The molecule has 7 heteroatoms. The molecule has 0 saturated carbocycles. The van der Waals surface area contributed by atoms with E-state index in [1.165, 1.54) is 11.3 Å². The van der Waals surface area contributed by atoms with E-state index in [4.69, 9.17) is 0 Å². The van der Waals surface area contributed by atoms with Crippen molar-refractivity contribution in [3.8, 4) is 0 Å². The van der Waals surface area contributed by atoms with Crippen molar-refractivity contribution >= 4 is 23.2 Å². The van der Waals surface area contributed by atoms with E-state index in [1.807, 2.05) is 17.5 Å². The van der Waals surface area contributed by atoms with E-state index < -0.39 is 0 Å². The van der Waals surface area contributed by atoms with Crippen LogP contribution >= 0.6 is 11.3 Å². The second kappa shape index (κ2) is 9.66. The summed E-state index contributed by atoms with van der Waals surface area (Å²) >= 11 is 1.44. The second-order valence-electron chi connectivity index (χ2n) is 7.55. The van der Waals surface area contributed by atoms with Gasteiger partial charge in [-0.1, -0.05) is 13.0 Å². The smallest absolute Gasteiger partial charge is 0.264 e. The molecule has 1 aromatic rings. The lowest BCUT2D eigenvalue weighted by atomic mass is 10.0. The van der Waals surface area contributed by atoms with Gasteiger partial charge in [0.1, 0.15) is 6.04 Å². The Morgan fingerprint density at radius 2 is 2.00 bits per heavy atom. The molecule has 27 heavy (non-hydrogen) atoms. The lowest BCUT2D eigenvalue weighted by Crippen LogP contribution is -2.55. The predicted molar refractivity (Wildman–Crippen MR) is 109 cm³/mol. The second-order valence-corrected chi connectivity index (χ2v) is 8.50. The number of hydrogen-bond acceptors (Lipinski definition) is 5. The first-order valence-electron chi connectivity index (χ1n) is 10.2. The van der Waals surface area contributed by atoms with E-state index in [0.717, 1.165) is 56.9 Å². The minimum atomic E-state index is -0.336. The normalized spacial score (nSPS) is 23.2. The summed E-state index contributed by atoms with van der Waals surface area (Å²) in [5.74, 6) is -0.00719. The fraction of sp³-hybridized carbons (Fsp3) is 0.700. The Kier molecular flexibility index (Phi) is 7.26. The summed E-state index contributed by atoms with van der Waals surface area (Å²) in [6.07, 6.45) is 2.73. The van der Waals surface area contributed by atoms with Crippen molar-refractivity contribution in [3.05, 3.63) is 22.4 Å². The Labute approximate surface area is 166 Å². The third-order valence-electron chi connectivity index (χ3n) is 5.85. The van der Waals surface area contributed by atoms with Crippen LogP contribution in [-0.2, 0) is 4.79 Å². The van der Waals surface area contributed by atoms with Crippen LogP contribution in [0.25, 0.3) is 0 Å². The largest absolute Gasteiger partial charge is 0.353 e. The molecule has 0 aliphatic carbocycles. The number of nitrogens with zero attached hydrogens (tertiary/aromatic N) is 3. The van der Waals surface area contributed by atoms with Crippen LogP contribution < -0.4 is 5.32 Å². The van der Waals surface area contributed by atoms with E-state index in [2.05, 4.69) is 29.0 Å². The lowest BCUT2D eigenvalue weighted by molar-refractivity contribution is -0.126. The molecule has 0 bridgehead atoms. The summed E-state index contributed by atoms with van der Waals surface area (Å²) < 4.78 is 0. The number of piperazine rings is 1. The third kappa shape index (κ3) is 5.09. The molecule has 2 aliphatic heterocycles. The fourth-order valence-electron chi connectivity index (χ4n) is 4.00. The van der Waals surface area contributed by atoms with E-state index in [1.54, 1.807) is 4.90 Å². The van der Waals surface area contributed by atoms with Gasteiger partial charge in [-0.15, -0.1) is 11.3 Å². The standard InChI is InChI=1S/C20H32N4O2S/c1-3-22-10-12-23(13-11-22)16(2)15-21-19(25)17-7-4-5-9-24(17)20(26)18-8-6-14-27-18/h6,8,14,16-17H,3-5,7,9-13,15H2,1-2H3,(H,21,25). The molecule has 3 rings (SSSR count). The highest BCUT2D eigenvalue weighted by Gasteiger charge is 2.33. The van der Waals surface area contributed by atoms with Crippen molar-refractivity contribution in [2.75, 3.05) is 45.8 Å². The molecular formula is C20H32N4O2S. The predicted octanol–water partition coefficient (Wildman–Crippen LogP) is 1.88. The van der Waals surface area contributed by atoms with E-state index in [0.29, 0.717) is 19.1 Å². The third-order valence-corrected chi connectivity index (χ3v) is 6.71. The molecule has 2 aliphatic rings. The van der Waals surface area contributed by atoms with Crippen LogP contribution in [0.2, 0.25) is 0 Å². The molecule has 3 heterocycles. The molecule has 1 aromatic heterocycles. The van der Waals surface area contributed by atoms with Gasteiger partial charge in [-0.25, -0.2) is 0 Å². The topological polar surface area (TPSA) is 55.9 Å². The maximum atomic E-state index is 12.8. The maximum absolute atomic E-state index is 12.8. The molecule has 2 unspecified atom stereocenters. The number of piperidine rings is 1. The zero-order chi connectivity index (χ0) is 19.2. The molecule has 0 radical (unpaired) electrons. The Morgan fingerprint density at radius 1 is 1.22 bits per heavy atom. The van der Waals surface area contributed by atoms with Crippen LogP contribution in [0.15, 0.2) is 17.5 Å². The summed E-state index contributed by atoms with van der Waals surface area (Å²) in [4.78, 5) is 33.0. The number of thiophene rings is 1. The first-order chi connectivity index (χ1) is 13.1. The molecule has 2 fully saturated rings. The SMILES string of the molecule is CCN1CCN(C(C)CNC(=O)C2CCCCN2C(=O)c2cccs2)CC1. The van der Waals surface area contributed by atoms with Crippen LogP contribution in [0, 0.1) is 0 Å². The van der Waals surface area contributed by atoms with Gasteiger partial charge in [-0.05, 0) is 44.2 Å². The molecule has 1 N–H and O–H groups in total. The molecule has 150 valence electrons. The Morgan fingerprint density at radius 3 is 2.67 bits per heavy atom. The zero-order valence-corrected chi connectivity index (χ0v) is 17.3. The number of amides is 2. The number of nitrogens with one attached hydrogen (secondary N) is 1. The van der Waals surface area contributed by atoms with E-state index in [-0.39, 0.29) is 17.9 Å². The first-order valence-corrected chi connectivity index (χ1v) is 11.1. The molecule has 0 aromatic carbocycles. The van der Waals surface area contributed by atoms with Gasteiger partial charge < -0.3 is 15.1 Å². The number of rotatable bonds is 6. The Balaban J connectivity index is 1.52. The average molecular weight is 393 g/mol. The number of likely N-dealkylation sites (tertiary alicyclic amines) is 1. The van der Waals surface area contributed by atoms with Gasteiger partial charge in [0.15, 0.2) is 0 Å². The van der Waals surface area contributed by atoms with Gasteiger partial charge >= 0.3 is 0 Å². The maximum Gasteiger partial charge on any atom is 0.264 e. The summed E-state index contributed by atoms with van der Waals surface area (Å²) in [7, 11) is 0. The zero-order valence-electron chi connectivity index (χ0n) is 16.5. The van der Waals surface area contributed by atoms with Crippen molar-refractivity contribution in [3.63, 3.8) is 0 Å². The fourth-order valence-corrected chi connectivity index (χ4v) is 4.68. The summed E-state index contributed by atoms with van der Waals surface area (Å²) in [5, 5.41) is 5.03. The van der Waals surface area contributed by atoms with E-state index in [9.17, 15) is 9.59 Å². The van der Waals surface area contributed by atoms with Crippen molar-refractivity contribution in [1.82, 2.24) is 20.0 Å². The quantitative estimate of drug-likeness (QED) is 0.803. The average Bonchev–Trinajstić information content (AvgIpc) is 3.26. The summed E-state index contributed by atoms with van der Waals surface area (Å²) in [6.45, 7) is 11.1. The van der Waals surface area contributed by atoms with Crippen molar-refractivity contribution < 1.29 is 9.59 Å². The van der Waals surface area contributed by atoms with Gasteiger partial charge in [0, 0.05) is 45.3 Å². The van der Waals surface area contributed by atoms with Crippen molar-refractivity contribution in [2.45, 2.75) is 45.2 Å². The first kappa shape index (κ1) is 20.3. The van der Waals surface area contributed by atoms with Crippen LogP contribution in [0.5, 0.6) is 0 Å². The molecule has 2 saturated heterocycles. The molecule has 0 spiro atoms. The van der Waals surface area contributed by atoms with Gasteiger partial charge in [0.05, 0.1) is 4.88 Å². The highest BCUT2D eigenvalue weighted by molar-refractivity contribution is 7.12. The Hall–Kier alpha value is -1.44. The van der Waals surface area contributed by atoms with Crippen LogP contribution in [0.4, 0.5) is 0 Å². The van der Waals surface area contributed by atoms with Crippen LogP contribution in [0.3, 0.4) is 0 Å². The van der Waals surface area contributed by atoms with Crippen molar-refractivity contribution in [2.24, 2.45) is 0 Å². The lowest BCUT2D eigenvalue weighted by Gasteiger charge is -2.38. The van der Waals surface area contributed by atoms with Gasteiger partial charge in [-0.3, -0.25) is 14.5 Å². The number of likely N-dealkylation sites (N-methyl/N-ethyl adjacent to an activating group) is 1. The molecule has 2 amide bonds. The summed E-state index contributed by atoms with van der Waals surface area (Å²) in [6, 6.07) is 3.71. The van der Waals surface area contributed by atoms with E-state index >= 15 is 0 Å². The van der Waals surface area contributed by atoms with Crippen LogP contribution in [-0.4, -0.2) is 84.4 Å². The molecule has 2 atom stereocenters. The highest BCUT2D eigenvalue weighted by atomic mass is 32.1. The number of carbonyl (C=O) groups is 2. The highest BCUT2D eigenvalue weighted by Crippen LogP contribution is 2.22. The minimum Gasteiger partial charge on any atom is -0.353 e. The number of carbonyl (C=O) groups excluding carboxylic acids is 2. The van der Waals surface area contributed by atoms with Gasteiger partial charge in [-0.2, -0.15) is 0 Å². The van der Waals surface area contributed by atoms with Gasteiger partial charge in [0.2, 0.25) is 5.91 Å². The summed E-state index contributed by atoms with van der Waals surface area (Å²) in [5.41, 5.74) is 0. The number of hydrogen-bond donors (Lipinski definition) is 1. The molecule has 6 nitrogen and oxygen atoms in total. The monoisotopic (exact) mass is 392 g/mol.